The molecule has 2 fully saturated rings. The third-order valence-corrected chi connectivity index (χ3v) is 5.84. The van der Waals surface area contributed by atoms with Crippen LogP contribution in [0.15, 0.2) is 48.6 Å². The van der Waals surface area contributed by atoms with E-state index in [0.717, 1.165) is 49.8 Å². The molecule has 4 rings (SSSR count). The lowest BCUT2D eigenvalue weighted by molar-refractivity contribution is 0.0151. The zero-order chi connectivity index (χ0) is 18.5. The highest BCUT2D eigenvalue weighted by Crippen LogP contribution is 2.31. The van der Waals surface area contributed by atoms with Crippen LogP contribution in [0.25, 0.3) is 0 Å². The van der Waals surface area contributed by atoms with Crippen molar-refractivity contribution >= 4 is 5.82 Å². The minimum absolute atomic E-state index is 0.0995. The summed E-state index contributed by atoms with van der Waals surface area (Å²) in [6.07, 6.45) is 10.1. The zero-order valence-electron chi connectivity index (χ0n) is 16.2. The van der Waals surface area contributed by atoms with E-state index >= 15 is 0 Å². The van der Waals surface area contributed by atoms with Crippen LogP contribution in [-0.2, 0) is 9.47 Å². The fourth-order valence-corrected chi connectivity index (χ4v) is 4.33. The fourth-order valence-electron chi connectivity index (χ4n) is 4.33. The second-order valence-electron chi connectivity index (χ2n) is 7.87. The highest BCUT2D eigenvalue weighted by molar-refractivity contribution is 5.38. The number of allylic oxidation sites excluding steroid dienone is 2. The van der Waals surface area contributed by atoms with Gasteiger partial charge in [0, 0.05) is 37.8 Å². The molecule has 1 unspecified atom stereocenters. The Morgan fingerprint density at radius 1 is 1.07 bits per heavy atom. The molecule has 27 heavy (non-hydrogen) atoms. The van der Waals surface area contributed by atoms with Crippen LogP contribution in [0.3, 0.4) is 0 Å². The third-order valence-electron chi connectivity index (χ3n) is 5.84. The number of pyridine rings is 1. The number of aromatic nitrogens is 1. The standard InChI is InChI=1S/C22H31N3O2/c1-18-15-21(27-20(17-26-18)16-24-11-5-2-6-12-24)19-8-13-25(14-9-19)22-7-3-4-10-23-22/h3-4,7,10,15,19-20H,1-2,5-6,8-9,11-14,16-17H2. The predicted octanol–water partition coefficient (Wildman–Crippen LogP) is 3.60. The molecule has 0 amide bonds. The summed E-state index contributed by atoms with van der Waals surface area (Å²) in [5, 5.41) is 0. The van der Waals surface area contributed by atoms with Gasteiger partial charge in [-0.05, 0) is 50.9 Å². The van der Waals surface area contributed by atoms with Gasteiger partial charge in [0.05, 0.1) is 0 Å². The molecule has 0 spiro atoms. The van der Waals surface area contributed by atoms with Crippen LogP contribution in [0.4, 0.5) is 5.82 Å². The number of likely N-dealkylation sites (tertiary alicyclic amines) is 1. The van der Waals surface area contributed by atoms with Crippen molar-refractivity contribution < 1.29 is 9.47 Å². The van der Waals surface area contributed by atoms with E-state index in [1.807, 2.05) is 18.3 Å². The lowest BCUT2D eigenvalue weighted by atomic mass is 9.94. The zero-order valence-corrected chi connectivity index (χ0v) is 16.2. The third kappa shape index (κ3) is 4.83. The summed E-state index contributed by atoms with van der Waals surface area (Å²) >= 11 is 0. The predicted molar refractivity (Wildman–Crippen MR) is 108 cm³/mol. The molecule has 5 nitrogen and oxygen atoms in total. The van der Waals surface area contributed by atoms with E-state index in [4.69, 9.17) is 9.47 Å². The minimum Gasteiger partial charge on any atom is -0.490 e. The van der Waals surface area contributed by atoms with Crippen molar-refractivity contribution in [3.05, 3.63) is 48.6 Å². The first-order valence-electron chi connectivity index (χ1n) is 10.4. The highest BCUT2D eigenvalue weighted by atomic mass is 16.5. The van der Waals surface area contributed by atoms with Gasteiger partial charge in [-0.25, -0.2) is 4.98 Å². The summed E-state index contributed by atoms with van der Waals surface area (Å²) in [5.41, 5.74) is 0. The van der Waals surface area contributed by atoms with Crippen LogP contribution in [-0.4, -0.2) is 55.3 Å². The van der Waals surface area contributed by atoms with Gasteiger partial charge in [0.25, 0.3) is 0 Å². The molecular formula is C22H31N3O2. The number of rotatable bonds is 4. The second kappa shape index (κ2) is 8.79. The molecule has 0 N–H and O–H groups in total. The quantitative estimate of drug-likeness (QED) is 0.811. The smallest absolute Gasteiger partial charge is 0.145 e. The molecule has 4 heterocycles. The summed E-state index contributed by atoms with van der Waals surface area (Å²) in [7, 11) is 0. The number of ether oxygens (including phenoxy) is 2. The van der Waals surface area contributed by atoms with Crippen LogP contribution in [0.5, 0.6) is 0 Å². The largest absolute Gasteiger partial charge is 0.490 e. The van der Waals surface area contributed by atoms with Gasteiger partial charge in [0.1, 0.15) is 30.0 Å². The molecule has 0 saturated carbocycles. The van der Waals surface area contributed by atoms with Crippen molar-refractivity contribution in [3.8, 4) is 0 Å². The summed E-state index contributed by atoms with van der Waals surface area (Å²) in [4.78, 5) is 9.37. The molecule has 0 radical (unpaired) electrons. The van der Waals surface area contributed by atoms with E-state index in [1.165, 1.54) is 32.4 Å². The Morgan fingerprint density at radius 2 is 1.89 bits per heavy atom. The molecule has 2 saturated heterocycles. The maximum atomic E-state index is 6.46. The number of nitrogens with zero attached hydrogens (tertiary/aromatic N) is 3. The first-order chi connectivity index (χ1) is 13.3. The Hall–Kier alpha value is -2.01. The number of hydrogen-bond donors (Lipinski definition) is 0. The SMILES string of the molecule is C=C1C=C(C2CCN(c3ccccn3)CC2)OC(CN2CCCCC2)CO1. The van der Waals surface area contributed by atoms with E-state index in [2.05, 4.69) is 33.5 Å². The lowest BCUT2D eigenvalue weighted by Gasteiger charge is -2.35. The Kier molecular flexibility index (Phi) is 5.97. The molecule has 0 aromatic carbocycles. The molecule has 1 aromatic rings. The van der Waals surface area contributed by atoms with Crippen LogP contribution in [0.1, 0.15) is 32.1 Å². The monoisotopic (exact) mass is 369 g/mol. The van der Waals surface area contributed by atoms with E-state index in [1.54, 1.807) is 0 Å². The second-order valence-corrected chi connectivity index (χ2v) is 7.87. The van der Waals surface area contributed by atoms with Gasteiger partial charge in [0.15, 0.2) is 0 Å². The average molecular weight is 370 g/mol. The lowest BCUT2D eigenvalue weighted by Crippen LogP contribution is -2.40. The van der Waals surface area contributed by atoms with Gasteiger partial charge in [-0.2, -0.15) is 0 Å². The van der Waals surface area contributed by atoms with Gasteiger partial charge in [0.2, 0.25) is 0 Å². The van der Waals surface area contributed by atoms with Crippen LogP contribution in [0.2, 0.25) is 0 Å². The van der Waals surface area contributed by atoms with E-state index in [0.29, 0.717) is 12.5 Å². The number of anilines is 1. The van der Waals surface area contributed by atoms with Gasteiger partial charge < -0.3 is 14.4 Å². The molecule has 1 aromatic heterocycles. The molecular weight excluding hydrogens is 338 g/mol. The Bertz CT molecular complexity index is 647. The molecule has 3 aliphatic heterocycles. The van der Waals surface area contributed by atoms with Gasteiger partial charge in [-0.3, -0.25) is 4.90 Å². The van der Waals surface area contributed by atoms with E-state index in [-0.39, 0.29) is 6.10 Å². The topological polar surface area (TPSA) is 37.8 Å². The Labute approximate surface area is 162 Å². The highest BCUT2D eigenvalue weighted by Gasteiger charge is 2.29. The summed E-state index contributed by atoms with van der Waals surface area (Å²) in [6, 6.07) is 6.11. The van der Waals surface area contributed by atoms with Crippen molar-refractivity contribution in [1.82, 2.24) is 9.88 Å². The summed E-state index contributed by atoms with van der Waals surface area (Å²) in [6.45, 7) is 9.98. The van der Waals surface area contributed by atoms with E-state index < -0.39 is 0 Å². The molecule has 5 heteroatoms. The van der Waals surface area contributed by atoms with Crippen molar-refractivity contribution in [3.63, 3.8) is 0 Å². The molecule has 1 atom stereocenters. The first kappa shape index (κ1) is 18.4. The number of hydrogen-bond acceptors (Lipinski definition) is 5. The maximum absolute atomic E-state index is 6.46. The van der Waals surface area contributed by atoms with Gasteiger partial charge in [-0.1, -0.05) is 19.1 Å². The van der Waals surface area contributed by atoms with Crippen LogP contribution >= 0.6 is 0 Å². The molecule has 3 aliphatic rings. The van der Waals surface area contributed by atoms with Crippen LogP contribution < -0.4 is 4.90 Å². The van der Waals surface area contributed by atoms with Crippen molar-refractivity contribution in [2.75, 3.05) is 44.2 Å². The Morgan fingerprint density at radius 3 is 2.63 bits per heavy atom. The molecule has 0 bridgehead atoms. The molecule has 0 aliphatic carbocycles. The van der Waals surface area contributed by atoms with Gasteiger partial charge >= 0.3 is 0 Å². The minimum atomic E-state index is 0.0995. The van der Waals surface area contributed by atoms with Crippen molar-refractivity contribution in [2.24, 2.45) is 5.92 Å². The summed E-state index contributed by atoms with van der Waals surface area (Å²) < 4.78 is 12.3. The Balaban J connectivity index is 1.35. The van der Waals surface area contributed by atoms with Crippen molar-refractivity contribution in [1.29, 1.82) is 0 Å². The maximum Gasteiger partial charge on any atom is 0.145 e. The van der Waals surface area contributed by atoms with Gasteiger partial charge in [-0.15, -0.1) is 0 Å². The van der Waals surface area contributed by atoms with E-state index in [9.17, 15) is 0 Å². The summed E-state index contributed by atoms with van der Waals surface area (Å²) in [5.74, 6) is 3.31. The fraction of sp³-hybridized carbons (Fsp3) is 0.591. The normalized spacial score (nSPS) is 25.3. The number of piperidine rings is 2. The first-order valence-corrected chi connectivity index (χ1v) is 10.4. The average Bonchev–Trinajstić information content (AvgIpc) is 2.91. The molecule has 146 valence electrons. The van der Waals surface area contributed by atoms with Crippen LogP contribution in [0, 0.1) is 5.92 Å². The van der Waals surface area contributed by atoms with Crippen molar-refractivity contribution in [2.45, 2.75) is 38.2 Å².